The quantitative estimate of drug-likeness (QED) is 0.862. The molecular weight excluding hydrogens is 214 g/mol. The van der Waals surface area contributed by atoms with Crippen LogP contribution in [0.25, 0.3) is 11.2 Å². The van der Waals surface area contributed by atoms with Crippen LogP contribution < -0.4 is 5.73 Å². The Bertz CT molecular complexity index is 536. The van der Waals surface area contributed by atoms with Gasteiger partial charge in [0.05, 0.1) is 12.0 Å². The number of aromatic nitrogens is 4. The second-order valence-corrected chi connectivity index (χ2v) is 5.59. The number of aryl methyl sites for hydroxylation is 2. The van der Waals surface area contributed by atoms with E-state index in [0.717, 1.165) is 29.8 Å². The van der Waals surface area contributed by atoms with Crippen molar-refractivity contribution in [2.24, 2.45) is 5.41 Å². The fourth-order valence-corrected chi connectivity index (χ4v) is 1.73. The molecule has 0 bridgehead atoms. The van der Waals surface area contributed by atoms with Crippen LogP contribution in [0, 0.1) is 12.3 Å². The standard InChI is InChI=1S/C12H19N5/c1-8-9-10(16-11(13)15-8)17(7-14-9)6-5-12(2,3)4/h7H,5-6H2,1-4H3,(H2,13,15,16). The molecule has 0 spiro atoms. The largest absolute Gasteiger partial charge is 0.368 e. The number of nitrogens with two attached hydrogens (primary N) is 1. The lowest BCUT2D eigenvalue weighted by Crippen LogP contribution is -2.10. The third-order valence-corrected chi connectivity index (χ3v) is 2.76. The van der Waals surface area contributed by atoms with Gasteiger partial charge in [0.25, 0.3) is 0 Å². The second kappa shape index (κ2) is 3.98. The lowest BCUT2D eigenvalue weighted by atomic mass is 9.92. The van der Waals surface area contributed by atoms with Crippen molar-refractivity contribution < 1.29 is 0 Å². The molecule has 0 aliphatic carbocycles. The monoisotopic (exact) mass is 233 g/mol. The van der Waals surface area contributed by atoms with Gasteiger partial charge in [0.1, 0.15) is 5.52 Å². The summed E-state index contributed by atoms with van der Waals surface area (Å²) in [4.78, 5) is 12.7. The topological polar surface area (TPSA) is 69.6 Å². The van der Waals surface area contributed by atoms with Gasteiger partial charge in [0.2, 0.25) is 5.95 Å². The molecule has 0 amide bonds. The molecule has 0 aliphatic heterocycles. The minimum absolute atomic E-state index is 0.296. The number of fused-ring (bicyclic) bond motifs is 1. The molecule has 2 aromatic heterocycles. The van der Waals surface area contributed by atoms with E-state index in [4.69, 9.17) is 5.73 Å². The lowest BCUT2D eigenvalue weighted by Gasteiger charge is -2.18. The van der Waals surface area contributed by atoms with Gasteiger partial charge in [-0.3, -0.25) is 0 Å². The minimum atomic E-state index is 0.296. The van der Waals surface area contributed by atoms with Crippen molar-refractivity contribution in [2.75, 3.05) is 5.73 Å². The summed E-state index contributed by atoms with van der Waals surface area (Å²) in [6, 6.07) is 0. The molecule has 0 aliphatic rings. The first-order valence-corrected chi connectivity index (χ1v) is 5.82. The number of nitrogens with zero attached hydrogens (tertiary/aromatic N) is 4. The van der Waals surface area contributed by atoms with Gasteiger partial charge in [-0.05, 0) is 18.8 Å². The summed E-state index contributed by atoms with van der Waals surface area (Å²) in [6.07, 6.45) is 2.89. The van der Waals surface area contributed by atoms with Gasteiger partial charge in [0, 0.05) is 6.54 Å². The summed E-state index contributed by atoms with van der Waals surface area (Å²) in [5, 5.41) is 0. The Labute approximate surface area is 101 Å². The predicted molar refractivity (Wildman–Crippen MR) is 68.5 cm³/mol. The Morgan fingerprint density at radius 1 is 1.29 bits per heavy atom. The highest BCUT2D eigenvalue weighted by atomic mass is 15.1. The Balaban J connectivity index is 2.36. The molecule has 92 valence electrons. The van der Waals surface area contributed by atoms with Crippen LogP contribution in [0.15, 0.2) is 6.33 Å². The van der Waals surface area contributed by atoms with Crippen molar-refractivity contribution in [1.82, 2.24) is 19.5 Å². The van der Waals surface area contributed by atoms with Crippen LogP contribution in [0.3, 0.4) is 0 Å². The van der Waals surface area contributed by atoms with E-state index in [1.807, 2.05) is 17.8 Å². The van der Waals surface area contributed by atoms with Crippen LogP contribution in [0.2, 0.25) is 0 Å². The maximum Gasteiger partial charge on any atom is 0.222 e. The molecule has 5 heteroatoms. The van der Waals surface area contributed by atoms with Crippen molar-refractivity contribution in [2.45, 2.75) is 40.7 Å². The van der Waals surface area contributed by atoms with E-state index in [9.17, 15) is 0 Å². The molecule has 0 radical (unpaired) electrons. The molecule has 0 fully saturated rings. The van der Waals surface area contributed by atoms with E-state index in [-0.39, 0.29) is 0 Å². The summed E-state index contributed by atoms with van der Waals surface area (Å²) < 4.78 is 2.05. The molecule has 5 nitrogen and oxygen atoms in total. The number of hydrogen-bond donors (Lipinski definition) is 1. The summed E-state index contributed by atoms with van der Waals surface area (Å²) in [6.45, 7) is 9.47. The van der Waals surface area contributed by atoms with Gasteiger partial charge in [-0.15, -0.1) is 0 Å². The number of nitrogen functional groups attached to an aromatic ring is 1. The van der Waals surface area contributed by atoms with Gasteiger partial charge < -0.3 is 10.3 Å². The van der Waals surface area contributed by atoms with E-state index >= 15 is 0 Å². The van der Waals surface area contributed by atoms with E-state index in [1.54, 1.807) is 0 Å². The normalized spacial score (nSPS) is 12.2. The number of hydrogen-bond acceptors (Lipinski definition) is 4. The van der Waals surface area contributed by atoms with Crippen LogP contribution >= 0.6 is 0 Å². The van der Waals surface area contributed by atoms with Gasteiger partial charge in [-0.2, -0.15) is 4.98 Å². The van der Waals surface area contributed by atoms with Crippen LogP contribution in [0.1, 0.15) is 32.9 Å². The van der Waals surface area contributed by atoms with Crippen molar-refractivity contribution >= 4 is 17.1 Å². The smallest absolute Gasteiger partial charge is 0.222 e. The Hall–Kier alpha value is -1.65. The van der Waals surface area contributed by atoms with Crippen molar-refractivity contribution in [3.05, 3.63) is 12.0 Å². The molecule has 0 saturated heterocycles. The average Bonchev–Trinajstić information content (AvgIpc) is 2.57. The molecule has 0 atom stereocenters. The molecule has 17 heavy (non-hydrogen) atoms. The van der Waals surface area contributed by atoms with Gasteiger partial charge in [0.15, 0.2) is 5.65 Å². The molecule has 2 aromatic rings. The van der Waals surface area contributed by atoms with Crippen molar-refractivity contribution in [3.63, 3.8) is 0 Å². The fourth-order valence-electron chi connectivity index (χ4n) is 1.73. The van der Waals surface area contributed by atoms with E-state index in [0.29, 0.717) is 11.4 Å². The zero-order chi connectivity index (χ0) is 12.6. The fraction of sp³-hybridized carbons (Fsp3) is 0.583. The lowest BCUT2D eigenvalue weighted by molar-refractivity contribution is 0.352. The van der Waals surface area contributed by atoms with E-state index in [2.05, 4.69) is 35.7 Å². The SMILES string of the molecule is Cc1nc(N)nc2c1ncn2CCC(C)(C)C. The van der Waals surface area contributed by atoms with Gasteiger partial charge in [-0.1, -0.05) is 20.8 Å². The Morgan fingerprint density at radius 2 is 2.00 bits per heavy atom. The highest BCUT2D eigenvalue weighted by Gasteiger charge is 2.13. The maximum absolute atomic E-state index is 5.67. The van der Waals surface area contributed by atoms with E-state index < -0.39 is 0 Å². The first-order chi connectivity index (χ1) is 7.87. The van der Waals surface area contributed by atoms with Gasteiger partial charge >= 0.3 is 0 Å². The molecule has 2 N–H and O–H groups in total. The third-order valence-electron chi connectivity index (χ3n) is 2.76. The van der Waals surface area contributed by atoms with Crippen molar-refractivity contribution in [3.8, 4) is 0 Å². The molecule has 2 heterocycles. The Kier molecular flexibility index (Phi) is 2.77. The summed E-state index contributed by atoms with van der Waals surface area (Å²) >= 11 is 0. The Morgan fingerprint density at radius 3 is 2.65 bits per heavy atom. The predicted octanol–water partition coefficient (Wildman–Crippen LogP) is 2.15. The molecular formula is C12H19N5. The minimum Gasteiger partial charge on any atom is -0.368 e. The average molecular weight is 233 g/mol. The zero-order valence-electron chi connectivity index (χ0n) is 10.9. The van der Waals surface area contributed by atoms with Crippen molar-refractivity contribution in [1.29, 1.82) is 0 Å². The van der Waals surface area contributed by atoms with Crippen LogP contribution in [0.5, 0.6) is 0 Å². The number of anilines is 1. The van der Waals surface area contributed by atoms with Crippen LogP contribution in [0.4, 0.5) is 5.95 Å². The van der Waals surface area contributed by atoms with E-state index in [1.165, 1.54) is 0 Å². The first-order valence-electron chi connectivity index (χ1n) is 5.82. The molecule has 0 unspecified atom stereocenters. The van der Waals surface area contributed by atoms with Gasteiger partial charge in [-0.25, -0.2) is 9.97 Å². The summed E-state index contributed by atoms with van der Waals surface area (Å²) in [7, 11) is 0. The zero-order valence-corrected chi connectivity index (χ0v) is 10.9. The molecule has 2 rings (SSSR count). The van der Waals surface area contributed by atoms with Crippen LogP contribution in [-0.2, 0) is 6.54 Å². The number of imidazole rings is 1. The molecule has 0 aromatic carbocycles. The molecule has 0 saturated carbocycles. The maximum atomic E-state index is 5.67. The number of rotatable bonds is 2. The van der Waals surface area contributed by atoms with Crippen LogP contribution in [-0.4, -0.2) is 19.5 Å². The second-order valence-electron chi connectivity index (χ2n) is 5.59. The first kappa shape index (κ1) is 11.8. The highest BCUT2D eigenvalue weighted by Crippen LogP contribution is 2.21. The highest BCUT2D eigenvalue weighted by molar-refractivity contribution is 5.74. The summed E-state index contributed by atoms with van der Waals surface area (Å²) in [5.41, 5.74) is 8.48. The third kappa shape index (κ3) is 2.54. The summed E-state index contributed by atoms with van der Waals surface area (Å²) in [5.74, 6) is 0.313.